The molecule has 1 heterocycles. The summed E-state index contributed by atoms with van der Waals surface area (Å²) >= 11 is 0. The van der Waals surface area contributed by atoms with E-state index < -0.39 is 5.41 Å². The van der Waals surface area contributed by atoms with Gasteiger partial charge in [-0.05, 0) is 37.1 Å². The van der Waals surface area contributed by atoms with E-state index in [1.54, 1.807) is 12.1 Å². The van der Waals surface area contributed by atoms with E-state index in [9.17, 15) is 14.0 Å². The molecule has 174 valence electrons. The fourth-order valence-corrected chi connectivity index (χ4v) is 3.78. The van der Waals surface area contributed by atoms with Gasteiger partial charge in [-0.3, -0.25) is 14.5 Å². The standard InChI is InChI=1S/C24H39FN4O2/c1-24(2,3)23(31)29(19-20-8-10-21(25)11-9-20)18-15-27-13-16-28(17-14-27)22(30)7-5-4-6-12-26/h8-11H,4-7,12-19,26H2,1-3H3. The van der Waals surface area contributed by atoms with Crippen molar-refractivity contribution in [3.63, 3.8) is 0 Å². The van der Waals surface area contributed by atoms with Crippen molar-refractivity contribution in [3.05, 3.63) is 35.6 Å². The smallest absolute Gasteiger partial charge is 0.228 e. The van der Waals surface area contributed by atoms with Gasteiger partial charge in [-0.1, -0.05) is 39.3 Å². The van der Waals surface area contributed by atoms with Crippen molar-refractivity contribution in [3.8, 4) is 0 Å². The molecule has 7 heteroatoms. The zero-order valence-corrected chi connectivity index (χ0v) is 19.4. The molecule has 1 aliphatic rings. The summed E-state index contributed by atoms with van der Waals surface area (Å²) in [6.45, 7) is 11.4. The Morgan fingerprint density at radius 2 is 1.68 bits per heavy atom. The van der Waals surface area contributed by atoms with E-state index in [2.05, 4.69) is 4.90 Å². The van der Waals surface area contributed by atoms with Gasteiger partial charge in [-0.2, -0.15) is 0 Å². The second-order valence-corrected chi connectivity index (χ2v) is 9.42. The van der Waals surface area contributed by atoms with Crippen LogP contribution in [0.4, 0.5) is 4.39 Å². The molecular formula is C24H39FN4O2. The number of rotatable bonds is 10. The van der Waals surface area contributed by atoms with Crippen LogP contribution in [0.1, 0.15) is 52.0 Å². The van der Waals surface area contributed by atoms with Crippen LogP contribution in [0.5, 0.6) is 0 Å². The van der Waals surface area contributed by atoms with Crippen molar-refractivity contribution < 1.29 is 14.0 Å². The quantitative estimate of drug-likeness (QED) is 0.575. The minimum Gasteiger partial charge on any atom is -0.340 e. The Labute approximate surface area is 186 Å². The summed E-state index contributed by atoms with van der Waals surface area (Å²) < 4.78 is 13.2. The van der Waals surface area contributed by atoms with Crippen molar-refractivity contribution in [2.75, 3.05) is 45.8 Å². The van der Waals surface area contributed by atoms with E-state index in [0.29, 0.717) is 26.1 Å². The van der Waals surface area contributed by atoms with Crippen LogP contribution in [-0.4, -0.2) is 72.3 Å². The monoisotopic (exact) mass is 434 g/mol. The van der Waals surface area contributed by atoms with E-state index in [1.807, 2.05) is 30.6 Å². The van der Waals surface area contributed by atoms with Crippen molar-refractivity contribution in [2.24, 2.45) is 11.1 Å². The van der Waals surface area contributed by atoms with Gasteiger partial charge in [0.25, 0.3) is 0 Å². The van der Waals surface area contributed by atoms with Gasteiger partial charge in [0.05, 0.1) is 0 Å². The first kappa shape index (κ1) is 25.3. The normalized spacial score (nSPS) is 15.2. The second kappa shape index (κ2) is 12.2. The summed E-state index contributed by atoms with van der Waals surface area (Å²) in [5.74, 6) is 0.0462. The topological polar surface area (TPSA) is 69.9 Å². The number of unbranched alkanes of at least 4 members (excludes halogenated alkanes) is 2. The first-order valence-electron chi connectivity index (χ1n) is 11.4. The Hall–Kier alpha value is -1.99. The first-order chi connectivity index (χ1) is 14.7. The molecule has 0 unspecified atom stereocenters. The van der Waals surface area contributed by atoms with Gasteiger partial charge in [-0.25, -0.2) is 4.39 Å². The van der Waals surface area contributed by atoms with Crippen LogP contribution >= 0.6 is 0 Å². The summed E-state index contributed by atoms with van der Waals surface area (Å²) in [5, 5.41) is 0. The molecule has 0 saturated carbocycles. The fourth-order valence-electron chi connectivity index (χ4n) is 3.78. The Bertz CT molecular complexity index is 695. The Balaban J connectivity index is 1.84. The maximum Gasteiger partial charge on any atom is 0.228 e. The van der Waals surface area contributed by atoms with Crippen LogP contribution in [0, 0.1) is 11.2 Å². The summed E-state index contributed by atoms with van der Waals surface area (Å²) in [4.78, 5) is 31.5. The third kappa shape index (κ3) is 8.57. The van der Waals surface area contributed by atoms with E-state index in [1.165, 1.54) is 12.1 Å². The Kier molecular flexibility index (Phi) is 9.91. The zero-order chi connectivity index (χ0) is 22.9. The molecule has 1 fully saturated rings. The summed E-state index contributed by atoms with van der Waals surface area (Å²) in [6, 6.07) is 6.33. The van der Waals surface area contributed by atoms with Gasteiger partial charge in [0.15, 0.2) is 0 Å². The summed E-state index contributed by atoms with van der Waals surface area (Å²) in [7, 11) is 0. The number of carbonyl (C=O) groups is 2. The number of amides is 2. The summed E-state index contributed by atoms with van der Waals surface area (Å²) in [6.07, 6.45) is 3.49. The molecule has 1 saturated heterocycles. The molecule has 0 radical (unpaired) electrons. The number of piperazine rings is 1. The second-order valence-electron chi connectivity index (χ2n) is 9.42. The predicted octanol–water partition coefficient (Wildman–Crippen LogP) is 2.86. The van der Waals surface area contributed by atoms with Gasteiger partial charge in [-0.15, -0.1) is 0 Å². The van der Waals surface area contributed by atoms with Crippen molar-refractivity contribution in [1.29, 1.82) is 0 Å². The van der Waals surface area contributed by atoms with Crippen LogP contribution < -0.4 is 5.73 Å². The van der Waals surface area contributed by atoms with Crippen LogP contribution in [0.25, 0.3) is 0 Å². The van der Waals surface area contributed by atoms with Crippen LogP contribution in [0.3, 0.4) is 0 Å². The molecule has 0 spiro atoms. The lowest BCUT2D eigenvalue weighted by molar-refractivity contribution is -0.140. The number of hydrogen-bond donors (Lipinski definition) is 1. The van der Waals surface area contributed by atoms with E-state index >= 15 is 0 Å². The highest BCUT2D eigenvalue weighted by atomic mass is 19.1. The maximum absolute atomic E-state index is 13.2. The molecule has 2 amide bonds. The van der Waals surface area contributed by atoms with Crippen LogP contribution in [0.2, 0.25) is 0 Å². The average molecular weight is 435 g/mol. The predicted molar refractivity (Wildman–Crippen MR) is 122 cm³/mol. The van der Waals surface area contributed by atoms with Gasteiger partial charge >= 0.3 is 0 Å². The fraction of sp³-hybridized carbons (Fsp3) is 0.667. The zero-order valence-electron chi connectivity index (χ0n) is 19.4. The number of benzene rings is 1. The van der Waals surface area contributed by atoms with Crippen molar-refractivity contribution in [2.45, 2.75) is 53.0 Å². The minimum absolute atomic E-state index is 0.0862. The lowest BCUT2D eigenvalue weighted by Gasteiger charge is -2.37. The SMILES string of the molecule is CC(C)(C)C(=O)N(CCN1CCN(C(=O)CCCCCN)CC1)Cc1ccc(F)cc1. The molecule has 2 N–H and O–H groups in total. The highest BCUT2D eigenvalue weighted by molar-refractivity contribution is 5.81. The molecule has 0 atom stereocenters. The van der Waals surface area contributed by atoms with Gasteiger partial charge in [0.1, 0.15) is 5.82 Å². The van der Waals surface area contributed by atoms with E-state index in [4.69, 9.17) is 5.73 Å². The molecule has 0 aromatic heterocycles. The third-order valence-electron chi connectivity index (χ3n) is 5.72. The maximum atomic E-state index is 13.2. The molecule has 1 aromatic rings. The Morgan fingerprint density at radius 3 is 2.26 bits per heavy atom. The number of nitrogens with zero attached hydrogens (tertiary/aromatic N) is 3. The lowest BCUT2D eigenvalue weighted by atomic mass is 9.94. The largest absolute Gasteiger partial charge is 0.340 e. The van der Waals surface area contributed by atoms with Gasteiger partial charge in [0, 0.05) is 57.6 Å². The lowest BCUT2D eigenvalue weighted by Crippen LogP contribution is -2.51. The van der Waals surface area contributed by atoms with Crippen molar-refractivity contribution in [1.82, 2.24) is 14.7 Å². The molecule has 1 aliphatic heterocycles. The average Bonchev–Trinajstić information content (AvgIpc) is 2.74. The van der Waals surface area contributed by atoms with Crippen LogP contribution in [-0.2, 0) is 16.1 Å². The third-order valence-corrected chi connectivity index (χ3v) is 5.72. The molecule has 2 rings (SSSR count). The number of hydrogen-bond acceptors (Lipinski definition) is 4. The van der Waals surface area contributed by atoms with Gasteiger partial charge < -0.3 is 15.5 Å². The summed E-state index contributed by atoms with van der Waals surface area (Å²) in [5.41, 5.74) is 5.95. The molecule has 31 heavy (non-hydrogen) atoms. The molecule has 6 nitrogen and oxygen atoms in total. The van der Waals surface area contributed by atoms with E-state index in [-0.39, 0.29) is 17.6 Å². The van der Waals surface area contributed by atoms with E-state index in [0.717, 1.165) is 57.5 Å². The highest BCUT2D eigenvalue weighted by Gasteiger charge is 2.28. The highest BCUT2D eigenvalue weighted by Crippen LogP contribution is 2.20. The number of nitrogens with two attached hydrogens (primary N) is 1. The van der Waals surface area contributed by atoms with Gasteiger partial charge in [0.2, 0.25) is 11.8 Å². The van der Waals surface area contributed by atoms with Crippen molar-refractivity contribution >= 4 is 11.8 Å². The Morgan fingerprint density at radius 1 is 1.03 bits per heavy atom. The molecule has 1 aromatic carbocycles. The first-order valence-corrected chi connectivity index (χ1v) is 11.4. The molecule has 0 aliphatic carbocycles. The molecule has 0 bridgehead atoms. The minimum atomic E-state index is -0.477. The van der Waals surface area contributed by atoms with Crippen LogP contribution in [0.15, 0.2) is 24.3 Å². The number of carbonyl (C=O) groups excluding carboxylic acids is 2. The molecular weight excluding hydrogens is 395 g/mol. The number of halogens is 1.